The Bertz CT molecular complexity index is 342. The molecule has 0 saturated heterocycles. The van der Waals surface area contributed by atoms with Crippen molar-refractivity contribution in [3.63, 3.8) is 0 Å². The van der Waals surface area contributed by atoms with Gasteiger partial charge in [-0.1, -0.05) is 31.5 Å². The van der Waals surface area contributed by atoms with Crippen molar-refractivity contribution in [2.45, 2.75) is 33.8 Å². The smallest absolute Gasteiger partial charge is 0.338 e. The number of ether oxygens (including phenoxy) is 1. The van der Waals surface area contributed by atoms with Gasteiger partial charge in [0.05, 0.1) is 5.56 Å². The molecule has 1 unspecified atom stereocenters. The molecule has 1 aromatic rings. The fourth-order valence-corrected chi connectivity index (χ4v) is 1.14. The molecule has 0 saturated carbocycles. The third-order valence-electron chi connectivity index (χ3n) is 2.49. The van der Waals surface area contributed by atoms with Gasteiger partial charge in [-0.2, -0.15) is 0 Å². The molecule has 0 heterocycles. The van der Waals surface area contributed by atoms with Gasteiger partial charge in [-0.15, -0.1) is 0 Å². The van der Waals surface area contributed by atoms with Gasteiger partial charge in [-0.05, 0) is 31.9 Å². The maximum absolute atomic E-state index is 11.7. The number of benzene rings is 1. The monoisotopic (exact) mass is 206 g/mol. The van der Waals surface area contributed by atoms with E-state index in [1.807, 2.05) is 45.9 Å². The lowest BCUT2D eigenvalue weighted by atomic mass is 10.1. The summed E-state index contributed by atoms with van der Waals surface area (Å²) in [5.74, 6) is 0.110. The molecule has 0 N–H and O–H groups in total. The van der Waals surface area contributed by atoms with Crippen LogP contribution in [-0.4, -0.2) is 12.1 Å². The molecule has 0 fully saturated rings. The van der Waals surface area contributed by atoms with Crippen LogP contribution in [0.4, 0.5) is 0 Å². The van der Waals surface area contributed by atoms with Gasteiger partial charge >= 0.3 is 5.97 Å². The molecule has 1 rings (SSSR count). The van der Waals surface area contributed by atoms with Gasteiger partial charge in [0, 0.05) is 0 Å². The SMILES string of the molecule is Cc1cccc(C(=O)OC(C)C(C)C)c1. The molecular formula is C13H18O2. The number of aryl methyl sites for hydroxylation is 1. The molecular weight excluding hydrogens is 188 g/mol. The highest BCUT2D eigenvalue weighted by molar-refractivity contribution is 5.89. The normalized spacial score (nSPS) is 12.6. The maximum Gasteiger partial charge on any atom is 0.338 e. The van der Waals surface area contributed by atoms with Crippen LogP contribution in [0.1, 0.15) is 36.7 Å². The largest absolute Gasteiger partial charge is 0.459 e. The first-order valence-corrected chi connectivity index (χ1v) is 5.28. The molecule has 82 valence electrons. The van der Waals surface area contributed by atoms with Gasteiger partial charge in [0.25, 0.3) is 0 Å². The van der Waals surface area contributed by atoms with E-state index in [4.69, 9.17) is 4.74 Å². The van der Waals surface area contributed by atoms with Gasteiger partial charge in [0.15, 0.2) is 0 Å². The van der Waals surface area contributed by atoms with Crippen molar-refractivity contribution >= 4 is 5.97 Å². The number of hydrogen-bond donors (Lipinski definition) is 0. The molecule has 15 heavy (non-hydrogen) atoms. The van der Waals surface area contributed by atoms with E-state index in [1.54, 1.807) is 6.07 Å². The van der Waals surface area contributed by atoms with Crippen LogP contribution in [0.5, 0.6) is 0 Å². The van der Waals surface area contributed by atoms with E-state index in [0.29, 0.717) is 11.5 Å². The summed E-state index contributed by atoms with van der Waals surface area (Å²) in [6.45, 7) is 7.95. The second-order valence-electron chi connectivity index (χ2n) is 4.22. The van der Waals surface area contributed by atoms with Crippen molar-refractivity contribution in [2.75, 3.05) is 0 Å². The topological polar surface area (TPSA) is 26.3 Å². The number of rotatable bonds is 3. The lowest BCUT2D eigenvalue weighted by molar-refractivity contribution is 0.0238. The number of carbonyl (C=O) groups excluding carboxylic acids is 1. The summed E-state index contributed by atoms with van der Waals surface area (Å²) in [5.41, 5.74) is 1.70. The van der Waals surface area contributed by atoms with Crippen molar-refractivity contribution < 1.29 is 9.53 Å². The average molecular weight is 206 g/mol. The highest BCUT2D eigenvalue weighted by Gasteiger charge is 2.14. The summed E-state index contributed by atoms with van der Waals surface area (Å²) in [5, 5.41) is 0. The van der Waals surface area contributed by atoms with Crippen LogP contribution in [-0.2, 0) is 4.74 Å². The molecule has 1 atom stereocenters. The van der Waals surface area contributed by atoms with E-state index in [1.165, 1.54) is 0 Å². The Morgan fingerprint density at radius 3 is 2.47 bits per heavy atom. The van der Waals surface area contributed by atoms with Crippen molar-refractivity contribution in [2.24, 2.45) is 5.92 Å². The van der Waals surface area contributed by atoms with E-state index in [9.17, 15) is 4.79 Å². The lowest BCUT2D eigenvalue weighted by Crippen LogP contribution is -2.20. The van der Waals surface area contributed by atoms with Crippen molar-refractivity contribution in [1.82, 2.24) is 0 Å². The Morgan fingerprint density at radius 1 is 1.27 bits per heavy atom. The summed E-state index contributed by atoms with van der Waals surface area (Å²) < 4.78 is 5.31. The zero-order valence-electron chi connectivity index (χ0n) is 9.78. The fraction of sp³-hybridized carbons (Fsp3) is 0.462. The van der Waals surface area contributed by atoms with E-state index >= 15 is 0 Å². The standard InChI is InChI=1S/C13H18O2/c1-9(2)11(4)15-13(14)12-7-5-6-10(3)8-12/h5-9,11H,1-4H3. The quantitative estimate of drug-likeness (QED) is 0.710. The van der Waals surface area contributed by atoms with Crippen molar-refractivity contribution in [1.29, 1.82) is 0 Å². The second-order valence-corrected chi connectivity index (χ2v) is 4.22. The highest BCUT2D eigenvalue weighted by Crippen LogP contribution is 2.11. The predicted octanol–water partition coefficient (Wildman–Crippen LogP) is 3.20. The number of esters is 1. The number of hydrogen-bond acceptors (Lipinski definition) is 2. The first-order valence-electron chi connectivity index (χ1n) is 5.28. The molecule has 0 spiro atoms. The van der Waals surface area contributed by atoms with E-state index in [0.717, 1.165) is 5.56 Å². The number of carbonyl (C=O) groups is 1. The molecule has 2 nitrogen and oxygen atoms in total. The molecule has 0 aliphatic carbocycles. The Kier molecular flexibility index (Phi) is 3.89. The summed E-state index contributed by atoms with van der Waals surface area (Å²) in [6.07, 6.45) is -0.0435. The third kappa shape index (κ3) is 3.39. The minimum Gasteiger partial charge on any atom is -0.459 e. The van der Waals surface area contributed by atoms with Crippen LogP contribution in [0.2, 0.25) is 0 Å². The summed E-state index contributed by atoms with van der Waals surface area (Å²) >= 11 is 0. The minimum absolute atomic E-state index is 0.0435. The minimum atomic E-state index is -0.236. The Hall–Kier alpha value is -1.31. The molecule has 0 radical (unpaired) electrons. The molecule has 0 bridgehead atoms. The van der Waals surface area contributed by atoms with E-state index in [-0.39, 0.29) is 12.1 Å². The Morgan fingerprint density at radius 2 is 1.93 bits per heavy atom. The first kappa shape index (κ1) is 11.8. The van der Waals surface area contributed by atoms with Crippen LogP contribution in [0.25, 0.3) is 0 Å². The molecule has 2 heteroatoms. The lowest BCUT2D eigenvalue weighted by Gasteiger charge is -2.16. The van der Waals surface area contributed by atoms with Gasteiger partial charge in [-0.3, -0.25) is 0 Å². The molecule has 0 aromatic heterocycles. The molecule has 0 aliphatic heterocycles. The van der Waals surface area contributed by atoms with E-state index < -0.39 is 0 Å². The third-order valence-corrected chi connectivity index (χ3v) is 2.49. The van der Waals surface area contributed by atoms with Crippen molar-refractivity contribution in [3.8, 4) is 0 Å². The fourth-order valence-electron chi connectivity index (χ4n) is 1.14. The predicted molar refractivity (Wildman–Crippen MR) is 60.9 cm³/mol. The zero-order valence-corrected chi connectivity index (χ0v) is 9.78. The molecule has 1 aromatic carbocycles. The first-order chi connectivity index (χ1) is 7.00. The second kappa shape index (κ2) is 4.96. The van der Waals surface area contributed by atoms with E-state index in [2.05, 4.69) is 0 Å². The Labute approximate surface area is 91.3 Å². The van der Waals surface area contributed by atoms with Crippen LogP contribution in [0, 0.1) is 12.8 Å². The average Bonchev–Trinajstić information content (AvgIpc) is 2.17. The van der Waals surface area contributed by atoms with Crippen LogP contribution in [0.3, 0.4) is 0 Å². The van der Waals surface area contributed by atoms with Crippen LogP contribution >= 0.6 is 0 Å². The van der Waals surface area contributed by atoms with Gasteiger partial charge in [-0.25, -0.2) is 4.79 Å². The zero-order chi connectivity index (χ0) is 11.4. The molecule has 0 aliphatic rings. The van der Waals surface area contributed by atoms with Crippen molar-refractivity contribution in [3.05, 3.63) is 35.4 Å². The molecule has 0 amide bonds. The van der Waals surface area contributed by atoms with Gasteiger partial charge in [0.2, 0.25) is 0 Å². The Balaban J connectivity index is 2.69. The van der Waals surface area contributed by atoms with Gasteiger partial charge < -0.3 is 4.74 Å². The summed E-state index contributed by atoms with van der Waals surface area (Å²) in [6, 6.07) is 7.45. The summed E-state index contributed by atoms with van der Waals surface area (Å²) in [7, 11) is 0. The summed E-state index contributed by atoms with van der Waals surface area (Å²) in [4.78, 5) is 11.7. The van der Waals surface area contributed by atoms with Gasteiger partial charge in [0.1, 0.15) is 6.10 Å². The van der Waals surface area contributed by atoms with Crippen LogP contribution < -0.4 is 0 Å². The van der Waals surface area contributed by atoms with Crippen LogP contribution in [0.15, 0.2) is 24.3 Å². The highest BCUT2D eigenvalue weighted by atomic mass is 16.5. The maximum atomic E-state index is 11.7.